The van der Waals surface area contributed by atoms with Gasteiger partial charge < -0.3 is 15.7 Å². The Morgan fingerprint density at radius 2 is 1.69 bits per heavy atom. The SMILES string of the molecule is CCCCCCCc1ccc(NC(=O)Cn2cc(C(=O)N[C@H](/C=C/S(=O)(=O)Cc3ccccc3)CC(=O)O)nn2)cc1. The van der Waals surface area contributed by atoms with Crippen LogP contribution in [-0.2, 0) is 38.1 Å². The Bertz CT molecular complexity index is 1450. The molecule has 1 atom stereocenters. The zero-order valence-corrected chi connectivity index (χ0v) is 24.4. The Hall–Kier alpha value is -4.32. The second-order valence-corrected chi connectivity index (χ2v) is 11.9. The van der Waals surface area contributed by atoms with E-state index in [0.29, 0.717) is 11.3 Å². The van der Waals surface area contributed by atoms with Gasteiger partial charge in [0.05, 0.1) is 24.4 Å². The van der Waals surface area contributed by atoms with Crippen LogP contribution >= 0.6 is 0 Å². The summed E-state index contributed by atoms with van der Waals surface area (Å²) in [6.45, 7) is 1.99. The highest BCUT2D eigenvalue weighted by atomic mass is 32.2. The molecule has 0 aliphatic carbocycles. The summed E-state index contributed by atoms with van der Waals surface area (Å²) in [5.41, 5.74) is 2.27. The molecule has 3 rings (SSSR count). The number of carboxylic acid groups (broad SMARTS) is 1. The first-order valence-electron chi connectivity index (χ1n) is 13.9. The molecule has 42 heavy (non-hydrogen) atoms. The number of carbonyl (C=O) groups is 3. The molecule has 0 fully saturated rings. The van der Waals surface area contributed by atoms with E-state index in [0.717, 1.165) is 24.3 Å². The lowest BCUT2D eigenvalue weighted by molar-refractivity contribution is -0.137. The predicted octanol–water partition coefficient (Wildman–Crippen LogP) is 4.13. The maximum absolute atomic E-state index is 12.7. The Kier molecular flexibility index (Phi) is 12.4. The average Bonchev–Trinajstić information content (AvgIpc) is 3.41. The van der Waals surface area contributed by atoms with Gasteiger partial charge in [-0.3, -0.25) is 14.4 Å². The second kappa shape index (κ2) is 16.2. The second-order valence-electron chi connectivity index (χ2n) is 10.0. The number of carboxylic acids is 1. The van der Waals surface area contributed by atoms with Crippen LogP contribution in [0.2, 0.25) is 0 Å². The van der Waals surface area contributed by atoms with Gasteiger partial charge in [-0.15, -0.1) is 5.10 Å². The summed E-state index contributed by atoms with van der Waals surface area (Å²) in [4.78, 5) is 36.5. The van der Waals surface area contributed by atoms with Crippen LogP contribution in [0.15, 0.2) is 72.3 Å². The maximum Gasteiger partial charge on any atom is 0.305 e. The number of aromatic nitrogens is 3. The Morgan fingerprint density at radius 3 is 2.38 bits per heavy atom. The molecule has 3 N–H and O–H groups in total. The molecule has 2 aromatic carbocycles. The van der Waals surface area contributed by atoms with Crippen LogP contribution in [0.3, 0.4) is 0 Å². The van der Waals surface area contributed by atoms with E-state index in [9.17, 15) is 27.9 Å². The normalized spacial score (nSPS) is 12.2. The van der Waals surface area contributed by atoms with E-state index in [1.54, 1.807) is 30.3 Å². The van der Waals surface area contributed by atoms with Gasteiger partial charge in [-0.25, -0.2) is 13.1 Å². The van der Waals surface area contributed by atoms with Gasteiger partial charge in [0, 0.05) is 11.1 Å². The fraction of sp³-hybridized carbons (Fsp3) is 0.367. The summed E-state index contributed by atoms with van der Waals surface area (Å²) in [7, 11) is -3.71. The highest BCUT2D eigenvalue weighted by Gasteiger charge is 2.19. The Balaban J connectivity index is 1.52. The molecule has 0 unspecified atom stereocenters. The number of rotatable bonds is 17. The molecule has 0 bridgehead atoms. The smallest absolute Gasteiger partial charge is 0.305 e. The summed E-state index contributed by atoms with van der Waals surface area (Å²) in [5, 5.41) is 22.9. The van der Waals surface area contributed by atoms with Crippen LogP contribution < -0.4 is 10.6 Å². The van der Waals surface area contributed by atoms with Crippen LogP contribution in [0.4, 0.5) is 5.69 Å². The van der Waals surface area contributed by atoms with Crippen molar-refractivity contribution in [2.45, 2.75) is 70.2 Å². The predicted molar refractivity (Wildman–Crippen MR) is 159 cm³/mol. The van der Waals surface area contributed by atoms with Crippen molar-refractivity contribution >= 4 is 33.3 Å². The lowest BCUT2D eigenvalue weighted by Gasteiger charge is -2.12. The number of nitrogens with one attached hydrogen (secondary N) is 2. The Morgan fingerprint density at radius 1 is 0.976 bits per heavy atom. The molecule has 0 saturated carbocycles. The first-order valence-corrected chi connectivity index (χ1v) is 15.6. The van der Waals surface area contributed by atoms with Crippen LogP contribution in [0, 0.1) is 0 Å². The van der Waals surface area contributed by atoms with Crippen molar-refractivity contribution < 1.29 is 27.9 Å². The number of carbonyl (C=O) groups excluding carboxylic acids is 2. The van der Waals surface area contributed by atoms with Gasteiger partial charge in [0.2, 0.25) is 5.91 Å². The molecule has 1 heterocycles. The topological polar surface area (TPSA) is 160 Å². The number of aliphatic carboxylic acids is 1. The van der Waals surface area contributed by atoms with Crippen molar-refractivity contribution in [3.63, 3.8) is 0 Å². The first kappa shape index (κ1) is 32.2. The number of nitrogens with zero attached hydrogens (tertiary/aromatic N) is 3. The maximum atomic E-state index is 12.7. The Labute approximate surface area is 245 Å². The minimum absolute atomic E-state index is 0.151. The minimum atomic E-state index is -3.71. The fourth-order valence-corrected chi connectivity index (χ4v) is 5.36. The van der Waals surface area contributed by atoms with Gasteiger partial charge in [0.1, 0.15) is 6.54 Å². The number of unbranched alkanes of at least 4 members (excludes halogenated alkanes) is 4. The number of hydrogen-bond donors (Lipinski definition) is 3. The van der Waals surface area contributed by atoms with E-state index in [4.69, 9.17) is 0 Å². The molecule has 0 aliphatic heterocycles. The summed E-state index contributed by atoms with van der Waals surface area (Å²) in [6.07, 6.45) is 8.89. The molecule has 0 aliphatic rings. The van der Waals surface area contributed by atoms with Crippen molar-refractivity contribution in [3.05, 3.63) is 89.1 Å². The summed E-state index contributed by atoms with van der Waals surface area (Å²) in [6, 6.07) is 15.1. The van der Waals surface area contributed by atoms with Crippen molar-refractivity contribution in [3.8, 4) is 0 Å². The third-order valence-electron chi connectivity index (χ3n) is 6.32. The summed E-state index contributed by atoms with van der Waals surface area (Å²) >= 11 is 0. The van der Waals surface area contributed by atoms with Gasteiger partial charge in [-0.05, 0) is 36.1 Å². The monoisotopic (exact) mass is 595 g/mol. The number of aryl methyl sites for hydroxylation is 1. The molecule has 0 saturated heterocycles. The van der Waals surface area contributed by atoms with Crippen molar-refractivity contribution in [2.24, 2.45) is 0 Å². The molecule has 1 aromatic heterocycles. The van der Waals surface area contributed by atoms with Gasteiger partial charge in [0.25, 0.3) is 5.91 Å². The van der Waals surface area contributed by atoms with Gasteiger partial charge >= 0.3 is 5.97 Å². The van der Waals surface area contributed by atoms with Gasteiger partial charge in [0.15, 0.2) is 15.5 Å². The van der Waals surface area contributed by atoms with E-state index >= 15 is 0 Å². The third kappa shape index (κ3) is 11.7. The van der Waals surface area contributed by atoms with Crippen LogP contribution in [0.25, 0.3) is 0 Å². The van der Waals surface area contributed by atoms with Crippen molar-refractivity contribution in [2.75, 3.05) is 5.32 Å². The standard InChI is InChI=1S/C30H37N5O6S/c1-2-3-4-5-7-10-23-13-15-25(16-14-23)31-28(36)21-35-20-27(33-34-35)30(39)32-26(19-29(37)38)17-18-42(40,41)22-24-11-8-6-9-12-24/h6,8-9,11-18,20,26H,2-5,7,10,19,21-22H2,1H3,(H,31,36)(H,32,39)(H,37,38)/b18-17+/t26-/m1/s1. The molecule has 0 spiro atoms. The lowest BCUT2D eigenvalue weighted by atomic mass is 10.1. The molecule has 12 heteroatoms. The van der Waals surface area contributed by atoms with E-state index in [1.165, 1.54) is 42.1 Å². The van der Waals surface area contributed by atoms with E-state index in [1.807, 2.05) is 24.3 Å². The average molecular weight is 596 g/mol. The van der Waals surface area contributed by atoms with E-state index in [2.05, 4.69) is 27.9 Å². The largest absolute Gasteiger partial charge is 0.481 e. The van der Waals surface area contributed by atoms with Crippen LogP contribution in [0.5, 0.6) is 0 Å². The van der Waals surface area contributed by atoms with Crippen molar-refractivity contribution in [1.29, 1.82) is 0 Å². The van der Waals surface area contributed by atoms with Crippen LogP contribution in [0.1, 0.15) is 67.1 Å². The number of amides is 2. The van der Waals surface area contributed by atoms with Gasteiger partial charge in [-0.1, -0.05) is 86.4 Å². The molecule has 0 radical (unpaired) electrons. The zero-order chi connectivity index (χ0) is 30.4. The third-order valence-corrected chi connectivity index (χ3v) is 7.63. The zero-order valence-electron chi connectivity index (χ0n) is 23.6. The van der Waals surface area contributed by atoms with Crippen LogP contribution in [-0.4, -0.2) is 52.3 Å². The summed E-state index contributed by atoms with van der Waals surface area (Å²) < 4.78 is 26.1. The number of anilines is 1. The van der Waals surface area contributed by atoms with E-state index in [-0.39, 0.29) is 23.9 Å². The number of sulfone groups is 1. The molecule has 11 nitrogen and oxygen atoms in total. The highest BCUT2D eigenvalue weighted by Crippen LogP contribution is 2.14. The highest BCUT2D eigenvalue weighted by molar-refractivity contribution is 7.93. The molecule has 2 amide bonds. The molecule has 3 aromatic rings. The van der Waals surface area contributed by atoms with Gasteiger partial charge in [-0.2, -0.15) is 0 Å². The fourth-order valence-electron chi connectivity index (χ4n) is 4.18. The quantitative estimate of drug-likeness (QED) is 0.196. The first-order chi connectivity index (χ1) is 20.1. The van der Waals surface area contributed by atoms with E-state index < -0.39 is 34.2 Å². The lowest BCUT2D eigenvalue weighted by Crippen LogP contribution is -2.35. The minimum Gasteiger partial charge on any atom is -0.481 e. The summed E-state index contributed by atoms with van der Waals surface area (Å²) in [5.74, 6) is -2.62. The molecular weight excluding hydrogens is 558 g/mol. The number of benzene rings is 2. The molecule has 224 valence electrons. The number of hydrogen-bond acceptors (Lipinski definition) is 7. The van der Waals surface area contributed by atoms with Crippen molar-refractivity contribution in [1.82, 2.24) is 20.3 Å². The molecular formula is C30H37N5O6S.